The molecule has 168 valence electrons. The summed E-state index contributed by atoms with van der Waals surface area (Å²) in [6.45, 7) is 2.59. The van der Waals surface area contributed by atoms with Gasteiger partial charge in [0.15, 0.2) is 0 Å². The second kappa shape index (κ2) is 9.07. The SMILES string of the molecule is CCCS(=O)(=O)N1CCc2ccc(NC(=O)c3ccc(S(=O)(=O)N(C)C)cc3)cc2C1. The summed E-state index contributed by atoms with van der Waals surface area (Å²) in [6, 6.07) is 11.2. The van der Waals surface area contributed by atoms with Crippen molar-refractivity contribution >= 4 is 31.6 Å². The molecule has 3 rings (SSSR count). The molecule has 1 N–H and O–H groups in total. The highest BCUT2D eigenvalue weighted by Gasteiger charge is 2.26. The fourth-order valence-corrected chi connectivity index (χ4v) is 5.81. The Hall–Kier alpha value is -2.27. The third-order valence-electron chi connectivity index (χ3n) is 5.19. The Bertz CT molecular complexity index is 1170. The largest absolute Gasteiger partial charge is 0.322 e. The van der Waals surface area contributed by atoms with E-state index in [9.17, 15) is 21.6 Å². The number of carbonyl (C=O) groups is 1. The van der Waals surface area contributed by atoms with E-state index in [1.807, 2.05) is 13.0 Å². The van der Waals surface area contributed by atoms with Crippen molar-refractivity contribution in [3.8, 4) is 0 Å². The standard InChI is InChI=1S/C21H27N3O5S2/c1-4-13-30(26,27)24-12-11-16-5-8-19(14-18(16)15-24)22-21(25)17-6-9-20(10-7-17)31(28,29)23(2)3/h5-10,14H,4,11-13,15H2,1-3H3,(H,22,25). The zero-order valence-corrected chi connectivity index (χ0v) is 19.5. The normalized spacial score (nSPS) is 15.0. The van der Waals surface area contributed by atoms with Crippen LogP contribution < -0.4 is 5.32 Å². The molecule has 0 aromatic heterocycles. The first-order chi connectivity index (χ1) is 14.5. The lowest BCUT2D eigenvalue weighted by molar-refractivity contribution is 0.102. The summed E-state index contributed by atoms with van der Waals surface area (Å²) < 4.78 is 51.7. The van der Waals surface area contributed by atoms with Crippen LogP contribution in [0.1, 0.15) is 34.8 Å². The molecule has 0 saturated heterocycles. The van der Waals surface area contributed by atoms with Crippen LogP contribution in [0, 0.1) is 0 Å². The minimum Gasteiger partial charge on any atom is -0.322 e. The summed E-state index contributed by atoms with van der Waals surface area (Å²) in [6.07, 6.45) is 1.20. The lowest BCUT2D eigenvalue weighted by Crippen LogP contribution is -2.37. The minimum absolute atomic E-state index is 0.108. The summed E-state index contributed by atoms with van der Waals surface area (Å²) in [5, 5.41) is 2.80. The first kappa shape index (κ1) is 23.4. The van der Waals surface area contributed by atoms with E-state index in [1.54, 1.807) is 12.1 Å². The number of fused-ring (bicyclic) bond motifs is 1. The molecule has 0 bridgehead atoms. The van der Waals surface area contributed by atoms with Gasteiger partial charge in [0.2, 0.25) is 20.0 Å². The van der Waals surface area contributed by atoms with Gasteiger partial charge in [0.05, 0.1) is 10.6 Å². The van der Waals surface area contributed by atoms with Gasteiger partial charge in [-0.05, 0) is 60.4 Å². The molecule has 2 aromatic rings. The Labute approximate surface area is 184 Å². The molecule has 10 heteroatoms. The topological polar surface area (TPSA) is 104 Å². The van der Waals surface area contributed by atoms with Crippen LogP contribution in [-0.4, -0.2) is 57.7 Å². The van der Waals surface area contributed by atoms with Crippen LogP contribution in [0.5, 0.6) is 0 Å². The maximum atomic E-state index is 12.6. The fraction of sp³-hybridized carbons (Fsp3) is 0.381. The van der Waals surface area contributed by atoms with Crippen molar-refractivity contribution in [3.05, 3.63) is 59.2 Å². The van der Waals surface area contributed by atoms with Crippen molar-refractivity contribution in [2.45, 2.75) is 31.2 Å². The highest BCUT2D eigenvalue weighted by Crippen LogP contribution is 2.25. The van der Waals surface area contributed by atoms with Crippen molar-refractivity contribution in [1.29, 1.82) is 0 Å². The van der Waals surface area contributed by atoms with Gasteiger partial charge < -0.3 is 5.32 Å². The van der Waals surface area contributed by atoms with Crippen LogP contribution in [-0.2, 0) is 33.0 Å². The lowest BCUT2D eigenvalue weighted by Gasteiger charge is -2.28. The van der Waals surface area contributed by atoms with E-state index in [0.29, 0.717) is 37.2 Å². The molecular formula is C21H27N3O5S2. The van der Waals surface area contributed by atoms with Gasteiger partial charge in [0.25, 0.3) is 5.91 Å². The van der Waals surface area contributed by atoms with Gasteiger partial charge in [-0.1, -0.05) is 13.0 Å². The molecular weight excluding hydrogens is 438 g/mol. The molecule has 2 aromatic carbocycles. The number of carbonyl (C=O) groups excluding carboxylic acids is 1. The van der Waals surface area contributed by atoms with Crippen molar-refractivity contribution in [3.63, 3.8) is 0 Å². The van der Waals surface area contributed by atoms with Crippen molar-refractivity contribution < 1.29 is 21.6 Å². The Morgan fingerprint density at radius 2 is 1.71 bits per heavy atom. The number of amides is 1. The number of sulfonamides is 2. The Morgan fingerprint density at radius 3 is 2.32 bits per heavy atom. The highest BCUT2D eigenvalue weighted by atomic mass is 32.2. The number of hydrogen-bond acceptors (Lipinski definition) is 5. The van der Waals surface area contributed by atoms with E-state index in [4.69, 9.17) is 0 Å². The maximum absolute atomic E-state index is 12.6. The van der Waals surface area contributed by atoms with E-state index in [1.165, 1.54) is 42.7 Å². The molecule has 1 aliphatic rings. The number of hydrogen-bond donors (Lipinski definition) is 1. The number of nitrogens with one attached hydrogen (secondary N) is 1. The zero-order valence-electron chi connectivity index (χ0n) is 17.8. The van der Waals surface area contributed by atoms with Crippen LogP contribution in [0.4, 0.5) is 5.69 Å². The number of rotatable bonds is 7. The third kappa shape index (κ3) is 5.15. The van der Waals surface area contributed by atoms with E-state index in [2.05, 4.69) is 5.32 Å². The first-order valence-corrected chi connectivity index (χ1v) is 13.0. The molecule has 1 aliphatic heterocycles. The molecule has 0 unspecified atom stereocenters. The van der Waals surface area contributed by atoms with Gasteiger partial charge in [-0.25, -0.2) is 21.1 Å². The second-order valence-electron chi connectivity index (χ2n) is 7.65. The van der Waals surface area contributed by atoms with Crippen LogP contribution in [0.3, 0.4) is 0 Å². The maximum Gasteiger partial charge on any atom is 0.255 e. The molecule has 0 fully saturated rings. The van der Waals surface area contributed by atoms with Crippen LogP contribution in [0.25, 0.3) is 0 Å². The summed E-state index contributed by atoms with van der Waals surface area (Å²) in [5.74, 6) is -0.252. The van der Waals surface area contributed by atoms with Gasteiger partial charge in [-0.3, -0.25) is 4.79 Å². The summed E-state index contributed by atoms with van der Waals surface area (Å²) in [5.41, 5.74) is 2.82. The molecule has 0 spiro atoms. The van der Waals surface area contributed by atoms with Crippen molar-refractivity contribution in [2.24, 2.45) is 0 Å². The van der Waals surface area contributed by atoms with E-state index < -0.39 is 20.0 Å². The van der Waals surface area contributed by atoms with Gasteiger partial charge in [0, 0.05) is 38.4 Å². The molecule has 0 radical (unpaired) electrons. The summed E-state index contributed by atoms with van der Waals surface area (Å²) in [4.78, 5) is 12.7. The van der Waals surface area contributed by atoms with Gasteiger partial charge in [-0.2, -0.15) is 4.31 Å². The molecule has 1 heterocycles. The Morgan fingerprint density at radius 1 is 1.03 bits per heavy atom. The number of nitrogens with zero attached hydrogens (tertiary/aromatic N) is 2. The van der Waals surface area contributed by atoms with Crippen LogP contribution in [0.2, 0.25) is 0 Å². The molecule has 1 amide bonds. The van der Waals surface area contributed by atoms with Gasteiger partial charge in [0.1, 0.15) is 0 Å². The highest BCUT2D eigenvalue weighted by molar-refractivity contribution is 7.89. The third-order valence-corrected chi connectivity index (χ3v) is 9.04. The van der Waals surface area contributed by atoms with E-state index in [0.717, 1.165) is 15.4 Å². The molecule has 31 heavy (non-hydrogen) atoms. The molecule has 0 aliphatic carbocycles. The van der Waals surface area contributed by atoms with Crippen LogP contribution in [0.15, 0.2) is 47.4 Å². The van der Waals surface area contributed by atoms with Crippen LogP contribution >= 0.6 is 0 Å². The molecule has 8 nitrogen and oxygen atoms in total. The van der Waals surface area contributed by atoms with Crippen molar-refractivity contribution in [1.82, 2.24) is 8.61 Å². The Balaban J connectivity index is 1.75. The van der Waals surface area contributed by atoms with E-state index in [-0.39, 0.29) is 16.6 Å². The lowest BCUT2D eigenvalue weighted by atomic mass is 10.0. The first-order valence-electron chi connectivity index (χ1n) is 9.98. The summed E-state index contributed by atoms with van der Waals surface area (Å²) in [7, 11) is -3.96. The quantitative estimate of drug-likeness (QED) is 0.676. The fourth-order valence-electron chi connectivity index (χ4n) is 3.43. The van der Waals surface area contributed by atoms with Gasteiger partial charge >= 0.3 is 0 Å². The number of benzene rings is 2. The van der Waals surface area contributed by atoms with E-state index >= 15 is 0 Å². The second-order valence-corrected chi connectivity index (χ2v) is 11.9. The zero-order chi connectivity index (χ0) is 22.8. The van der Waals surface area contributed by atoms with Crippen molar-refractivity contribution in [2.75, 3.05) is 31.7 Å². The smallest absolute Gasteiger partial charge is 0.255 e. The summed E-state index contributed by atoms with van der Waals surface area (Å²) >= 11 is 0. The average molecular weight is 466 g/mol. The predicted octanol–water partition coefficient (Wildman–Crippen LogP) is 2.29. The average Bonchev–Trinajstić information content (AvgIpc) is 2.73. The molecule has 0 atom stereocenters. The minimum atomic E-state index is -3.56. The van der Waals surface area contributed by atoms with Gasteiger partial charge in [-0.15, -0.1) is 0 Å². The predicted molar refractivity (Wildman–Crippen MR) is 120 cm³/mol. The Kier molecular flexibility index (Phi) is 6.85. The number of anilines is 1. The monoisotopic (exact) mass is 465 g/mol. The molecule has 0 saturated carbocycles.